The second kappa shape index (κ2) is 16.7. The van der Waals surface area contributed by atoms with E-state index >= 15 is 0 Å². The van der Waals surface area contributed by atoms with Gasteiger partial charge >= 0.3 is 0 Å². The highest BCUT2D eigenvalue weighted by Gasteiger charge is 2.41. The van der Waals surface area contributed by atoms with Crippen molar-refractivity contribution in [2.24, 2.45) is 0 Å². The van der Waals surface area contributed by atoms with Gasteiger partial charge in [-0.1, -0.05) is 166 Å². The number of hydrogen-bond donors (Lipinski definition) is 1. The van der Waals surface area contributed by atoms with Gasteiger partial charge in [0, 0.05) is 55.0 Å². The van der Waals surface area contributed by atoms with Crippen LogP contribution in [0.15, 0.2) is 193 Å². The summed E-state index contributed by atoms with van der Waals surface area (Å²) in [5.74, 6) is 1.20. The van der Waals surface area contributed by atoms with Crippen molar-refractivity contribution in [3.8, 4) is 22.6 Å². The number of rotatable bonds is 7. The van der Waals surface area contributed by atoms with Crippen LogP contribution in [-0.4, -0.2) is 23.3 Å². The van der Waals surface area contributed by atoms with Crippen molar-refractivity contribution >= 4 is 71.8 Å². The minimum absolute atomic E-state index is 0.0325. The Morgan fingerprint density at radius 1 is 0.576 bits per heavy atom. The van der Waals surface area contributed by atoms with Crippen molar-refractivity contribution in [1.82, 2.24) is 0 Å². The van der Waals surface area contributed by atoms with E-state index in [2.05, 4.69) is 207 Å². The number of aromatic hydroxyl groups is 1. The maximum Gasteiger partial charge on any atom is 0.159 e. The predicted molar refractivity (Wildman–Crippen MR) is 277 cm³/mol. The van der Waals surface area contributed by atoms with Crippen LogP contribution in [0.5, 0.6) is 11.5 Å². The average molecular weight is 861 g/mol. The molecule has 0 amide bonds. The Morgan fingerprint density at radius 2 is 1.30 bits per heavy atom. The van der Waals surface area contributed by atoms with Gasteiger partial charge < -0.3 is 24.1 Å². The molecular formula is C61H52N2O3. The molecule has 0 fully saturated rings. The Balaban J connectivity index is 0.00000238. The Bertz CT molecular complexity index is 3500. The lowest BCUT2D eigenvalue weighted by Gasteiger charge is -2.42. The first kappa shape index (κ1) is 41.0. The maximum atomic E-state index is 12.6. The lowest BCUT2D eigenvalue weighted by Crippen LogP contribution is -2.50. The van der Waals surface area contributed by atoms with Crippen molar-refractivity contribution in [2.75, 3.05) is 9.80 Å². The number of furan rings is 1. The van der Waals surface area contributed by atoms with Crippen LogP contribution in [0.4, 0.5) is 22.7 Å². The van der Waals surface area contributed by atoms with Crippen LogP contribution in [0.3, 0.4) is 0 Å². The number of hydrogen-bond acceptors (Lipinski definition) is 5. The number of phenols is 1. The molecule has 1 aromatic heterocycles. The molecule has 66 heavy (non-hydrogen) atoms. The highest BCUT2D eigenvalue weighted by atomic mass is 16.5. The van der Waals surface area contributed by atoms with Crippen LogP contribution in [0, 0.1) is 20.8 Å². The van der Waals surface area contributed by atoms with E-state index in [1.54, 1.807) is 0 Å². The van der Waals surface area contributed by atoms with Gasteiger partial charge in [0.2, 0.25) is 0 Å². The van der Waals surface area contributed by atoms with Gasteiger partial charge in [0.1, 0.15) is 23.2 Å². The van der Waals surface area contributed by atoms with Crippen molar-refractivity contribution in [3.63, 3.8) is 0 Å². The average Bonchev–Trinajstić information content (AvgIpc) is 3.95. The van der Waals surface area contributed by atoms with Gasteiger partial charge in [-0.2, -0.15) is 0 Å². The van der Waals surface area contributed by atoms with Crippen molar-refractivity contribution in [2.45, 2.75) is 59.2 Å². The summed E-state index contributed by atoms with van der Waals surface area (Å²) in [6.45, 7) is 10.4. The summed E-state index contributed by atoms with van der Waals surface area (Å²) >= 11 is 0. The minimum atomic E-state index is -0.212. The highest BCUT2D eigenvalue weighted by molar-refractivity contribution is 6.13. The van der Waals surface area contributed by atoms with E-state index < -0.39 is 0 Å². The number of ether oxygens (including phenoxy) is 1. The summed E-state index contributed by atoms with van der Waals surface area (Å²) in [5, 5.41) is 18.7. The molecule has 0 radical (unpaired) electrons. The SMILES string of the molecule is CC.Cc1cccc(N(c2cc(-c3cc(N(C4C=CC=CC4)C4C=CC=C5c6cccc(C)c6OC54)c4ccccc4c3O)cc3ccccc23)c2cccc3c2oc2c(C)cccc23)c1. The first-order chi connectivity index (χ1) is 32.4. The third kappa shape index (κ3) is 6.68. The number of allylic oxidation sites excluding steroid dienone is 4. The molecular weight excluding hydrogens is 809 g/mol. The van der Waals surface area contributed by atoms with Gasteiger partial charge in [-0.25, -0.2) is 0 Å². The van der Waals surface area contributed by atoms with E-state index in [0.29, 0.717) is 0 Å². The molecule has 5 heteroatoms. The molecule has 2 heterocycles. The molecule has 0 saturated carbocycles. The van der Waals surface area contributed by atoms with Crippen LogP contribution in [0.2, 0.25) is 0 Å². The topological polar surface area (TPSA) is 49.1 Å². The molecule has 0 spiro atoms. The number of benzene rings is 8. The van der Waals surface area contributed by atoms with E-state index in [4.69, 9.17) is 9.15 Å². The minimum Gasteiger partial charge on any atom is -0.507 e. The fourth-order valence-corrected chi connectivity index (χ4v) is 10.5. The zero-order chi connectivity index (χ0) is 45.1. The Hall–Kier alpha value is -7.76. The molecule has 324 valence electrons. The summed E-state index contributed by atoms with van der Waals surface area (Å²) in [6.07, 6.45) is 16.1. The van der Waals surface area contributed by atoms with Crippen molar-refractivity contribution < 1.29 is 14.3 Å². The highest BCUT2D eigenvalue weighted by Crippen LogP contribution is 2.51. The van der Waals surface area contributed by atoms with Crippen molar-refractivity contribution in [1.29, 1.82) is 0 Å². The summed E-state index contributed by atoms with van der Waals surface area (Å²) in [6, 6.07) is 51.3. The zero-order valence-electron chi connectivity index (χ0n) is 38.0. The molecule has 5 nitrogen and oxygen atoms in total. The number of nitrogens with zero attached hydrogens (tertiary/aromatic N) is 2. The van der Waals surface area contributed by atoms with Crippen LogP contribution in [-0.2, 0) is 0 Å². The van der Waals surface area contributed by atoms with Gasteiger partial charge in [-0.15, -0.1) is 0 Å². The van der Waals surface area contributed by atoms with Crippen LogP contribution in [0.25, 0.3) is 60.2 Å². The summed E-state index contributed by atoms with van der Waals surface area (Å²) in [4.78, 5) is 4.87. The van der Waals surface area contributed by atoms with Gasteiger partial charge in [-0.3, -0.25) is 0 Å². The monoisotopic (exact) mass is 860 g/mol. The third-order valence-electron chi connectivity index (χ3n) is 13.5. The number of anilines is 4. The van der Waals surface area contributed by atoms with Crippen molar-refractivity contribution in [3.05, 3.63) is 210 Å². The molecule has 9 aromatic rings. The number of fused-ring (bicyclic) bond motifs is 8. The van der Waals surface area contributed by atoms with E-state index in [0.717, 1.165) is 112 Å². The van der Waals surface area contributed by atoms with Crippen LogP contribution >= 0.6 is 0 Å². The number of aryl methyl sites for hydroxylation is 3. The maximum absolute atomic E-state index is 12.6. The first-order valence-electron chi connectivity index (χ1n) is 23.2. The number of phenolic OH excluding ortho intramolecular Hbond substituents is 1. The molecule has 2 aliphatic carbocycles. The Labute approximate surface area is 386 Å². The molecule has 3 unspecified atom stereocenters. The molecule has 1 aliphatic heterocycles. The van der Waals surface area contributed by atoms with Crippen LogP contribution < -0.4 is 14.5 Å². The summed E-state index contributed by atoms with van der Waals surface area (Å²) in [7, 11) is 0. The van der Waals surface area contributed by atoms with E-state index in [1.165, 1.54) is 5.57 Å². The van der Waals surface area contributed by atoms with E-state index in [-0.39, 0.29) is 23.9 Å². The van der Waals surface area contributed by atoms with Gasteiger partial charge in [0.25, 0.3) is 0 Å². The third-order valence-corrected chi connectivity index (χ3v) is 13.5. The molecule has 0 saturated heterocycles. The Morgan fingerprint density at radius 3 is 2.12 bits per heavy atom. The van der Waals surface area contributed by atoms with E-state index in [1.807, 2.05) is 26.0 Å². The smallest absolute Gasteiger partial charge is 0.159 e. The molecule has 12 rings (SSSR count). The lowest BCUT2D eigenvalue weighted by atomic mass is 9.88. The predicted octanol–water partition coefficient (Wildman–Crippen LogP) is 16.2. The Kier molecular flexibility index (Phi) is 10.3. The summed E-state index contributed by atoms with van der Waals surface area (Å²) < 4.78 is 13.8. The quantitative estimate of drug-likeness (QED) is 0.173. The standard InChI is InChI=1S/C59H46N2O3.C2H6/c1-36-16-11-22-42(32-36)61(52-31-15-29-49-47-27-13-18-38(3)57(47)64-59(49)52)53-34-40(33-39-19-7-8-23-43(39)53)50-35-54(44-24-9-10-25-45(44)55(50)62)60(41-20-5-4-6-21-41)51-30-14-28-48-46-26-12-17-37(2)56(46)63-58(48)51;1-2/h4-20,22-35,41,51,58,62H,21H2,1-3H3;1-2H3. The van der Waals surface area contributed by atoms with Crippen LogP contribution in [0.1, 0.15) is 42.5 Å². The van der Waals surface area contributed by atoms with Gasteiger partial charge in [0.05, 0.1) is 23.5 Å². The molecule has 3 atom stereocenters. The fraction of sp³-hybridized carbons (Fsp3) is 0.148. The first-order valence-corrected chi connectivity index (χ1v) is 23.2. The number of para-hydroxylation sites is 3. The fourth-order valence-electron chi connectivity index (χ4n) is 10.5. The van der Waals surface area contributed by atoms with Gasteiger partial charge in [0.15, 0.2) is 5.58 Å². The summed E-state index contributed by atoms with van der Waals surface area (Å²) in [5.41, 5.74) is 13.1. The molecule has 8 aromatic carbocycles. The molecule has 0 bridgehead atoms. The molecule has 3 aliphatic rings. The largest absolute Gasteiger partial charge is 0.507 e. The zero-order valence-corrected chi connectivity index (χ0v) is 38.0. The van der Waals surface area contributed by atoms with E-state index in [9.17, 15) is 5.11 Å². The van der Waals surface area contributed by atoms with Gasteiger partial charge in [-0.05, 0) is 91.2 Å². The normalized spacial score (nSPS) is 17.0. The second-order valence-corrected chi connectivity index (χ2v) is 17.4. The lowest BCUT2D eigenvalue weighted by molar-refractivity contribution is 0.248. The molecule has 1 N–H and O–H groups in total. The second-order valence-electron chi connectivity index (χ2n) is 17.4.